The average Bonchev–Trinajstić information content (AvgIpc) is 3.10. The minimum atomic E-state index is -0.330. The molecule has 3 aromatic rings. The van der Waals surface area contributed by atoms with Crippen LogP contribution in [0.1, 0.15) is 11.6 Å². The molecule has 0 fully saturated rings. The maximum Gasteiger partial charge on any atom is 0.247 e. The van der Waals surface area contributed by atoms with Crippen molar-refractivity contribution in [1.29, 1.82) is 0 Å². The summed E-state index contributed by atoms with van der Waals surface area (Å²) in [5, 5.41) is 3.29. The lowest BCUT2D eigenvalue weighted by Gasteiger charge is -2.19. The van der Waals surface area contributed by atoms with Crippen molar-refractivity contribution in [2.45, 2.75) is 12.5 Å². The molecule has 0 aliphatic heterocycles. The minimum Gasteiger partial charge on any atom is -0.342 e. The number of rotatable bonds is 5. The normalized spacial score (nSPS) is 11.9. The molecular formula is C18H16ClN3O. The van der Waals surface area contributed by atoms with Gasteiger partial charge in [-0.15, -0.1) is 0 Å². The molecule has 4 nitrogen and oxygen atoms in total. The standard InChI is InChI=1S/C18H16ClN3O/c19-17-9-8-15(13-20-17)21-18(23)16(22-10-4-5-11-22)12-14-6-2-1-3-7-14/h1-11,13,16H,12H2,(H,21,23)/t16-/m1/s1. The van der Waals surface area contributed by atoms with Gasteiger partial charge in [-0.1, -0.05) is 41.9 Å². The van der Waals surface area contributed by atoms with Gasteiger partial charge in [-0.3, -0.25) is 4.79 Å². The van der Waals surface area contributed by atoms with Gasteiger partial charge in [0.2, 0.25) is 5.91 Å². The Bertz CT molecular complexity index is 755. The van der Waals surface area contributed by atoms with Crippen molar-refractivity contribution >= 4 is 23.2 Å². The number of hydrogen-bond donors (Lipinski definition) is 1. The van der Waals surface area contributed by atoms with Crippen molar-refractivity contribution in [3.63, 3.8) is 0 Å². The van der Waals surface area contributed by atoms with E-state index >= 15 is 0 Å². The number of carbonyl (C=O) groups excluding carboxylic acids is 1. The van der Waals surface area contributed by atoms with Crippen LogP contribution in [0.2, 0.25) is 5.15 Å². The van der Waals surface area contributed by atoms with Crippen molar-refractivity contribution in [2.75, 3.05) is 5.32 Å². The highest BCUT2D eigenvalue weighted by Crippen LogP contribution is 2.18. The second-order valence-corrected chi connectivity index (χ2v) is 5.58. The molecule has 23 heavy (non-hydrogen) atoms. The van der Waals surface area contributed by atoms with Gasteiger partial charge >= 0.3 is 0 Å². The van der Waals surface area contributed by atoms with Crippen LogP contribution in [0.15, 0.2) is 73.2 Å². The molecule has 0 aliphatic rings. The summed E-state index contributed by atoms with van der Waals surface area (Å²) in [7, 11) is 0. The zero-order chi connectivity index (χ0) is 16.1. The fourth-order valence-electron chi connectivity index (χ4n) is 2.40. The van der Waals surface area contributed by atoms with Gasteiger partial charge in [0.25, 0.3) is 0 Å². The first kappa shape index (κ1) is 15.3. The highest BCUT2D eigenvalue weighted by molar-refractivity contribution is 6.29. The molecule has 5 heteroatoms. The van der Waals surface area contributed by atoms with Crippen molar-refractivity contribution in [1.82, 2.24) is 9.55 Å². The number of nitrogens with zero attached hydrogens (tertiary/aromatic N) is 2. The lowest BCUT2D eigenvalue weighted by molar-refractivity contribution is -0.119. The first-order valence-corrected chi connectivity index (χ1v) is 7.69. The first-order chi connectivity index (χ1) is 11.2. The number of hydrogen-bond acceptors (Lipinski definition) is 2. The molecule has 2 aromatic heterocycles. The van der Waals surface area contributed by atoms with Gasteiger partial charge in [0.1, 0.15) is 11.2 Å². The van der Waals surface area contributed by atoms with Gasteiger partial charge in [0.05, 0.1) is 11.9 Å². The molecular weight excluding hydrogens is 310 g/mol. The summed E-state index contributed by atoms with van der Waals surface area (Å²) in [4.78, 5) is 16.7. The quantitative estimate of drug-likeness (QED) is 0.722. The Balaban J connectivity index is 1.80. The number of benzene rings is 1. The third-order valence-electron chi connectivity index (χ3n) is 3.56. The van der Waals surface area contributed by atoms with E-state index in [4.69, 9.17) is 11.6 Å². The molecule has 116 valence electrons. The Hall–Kier alpha value is -2.59. The maximum absolute atomic E-state index is 12.7. The van der Waals surface area contributed by atoms with E-state index in [0.717, 1.165) is 5.56 Å². The van der Waals surface area contributed by atoms with Gasteiger partial charge in [-0.2, -0.15) is 0 Å². The highest BCUT2D eigenvalue weighted by atomic mass is 35.5. The molecule has 1 amide bonds. The number of amides is 1. The predicted molar refractivity (Wildman–Crippen MR) is 91.5 cm³/mol. The fraction of sp³-hybridized carbons (Fsp3) is 0.111. The zero-order valence-corrected chi connectivity index (χ0v) is 13.1. The largest absolute Gasteiger partial charge is 0.342 e. The topological polar surface area (TPSA) is 46.9 Å². The van der Waals surface area contributed by atoms with E-state index in [1.165, 1.54) is 0 Å². The summed E-state index contributed by atoms with van der Waals surface area (Å²) in [6.07, 6.45) is 5.96. The van der Waals surface area contributed by atoms with E-state index in [1.807, 2.05) is 59.4 Å². The van der Waals surface area contributed by atoms with E-state index in [-0.39, 0.29) is 11.9 Å². The van der Waals surface area contributed by atoms with E-state index in [0.29, 0.717) is 17.3 Å². The third kappa shape index (κ3) is 3.99. The second-order valence-electron chi connectivity index (χ2n) is 5.19. The average molecular weight is 326 g/mol. The Morgan fingerprint density at radius 3 is 2.48 bits per heavy atom. The molecule has 0 radical (unpaired) electrons. The molecule has 1 N–H and O–H groups in total. The predicted octanol–water partition coefficient (Wildman–Crippen LogP) is 3.96. The van der Waals surface area contributed by atoms with Crippen LogP contribution in [0, 0.1) is 0 Å². The summed E-state index contributed by atoms with van der Waals surface area (Å²) in [5.41, 5.74) is 1.74. The Morgan fingerprint density at radius 1 is 1.09 bits per heavy atom. The Kier molecular flexibility index (Phi) is 4.74. The van der Waals surface area contributed by atoms with Crippen molar-refractivity contribution in [3.8, 4) is 0 Å². The first-order valence-electron chi connectivity index (χ1n) is 7.31. The van der Waals surface area contributed by atoms with Crippen LogP contribution in [0.3, 0.4) is 0 Å². The number of nitrogens with one attached hydrogen (secondary N) is 1. The van der Waals surface area contributed by atoms with Crippen molar-refractivity contribution < 1.29 is 4.79 Å². The van der Waals surface area contributed by atoms with Crippen LogP contribution < -0.4 is 5.32 Å². The molecule has 1 aromatic carbocycles. The molecule has 3 rings (SSSR count). The lowest BCUT2D eigenvalue weighted by atomic mass is 10.1. The summed E-state index contributed by atoms with van der Waals surface area (Å²) in [6.45, 7) is 0. The minimum absolute atomic E-state index is 0.0887. The molecule has 0 spiro atoms. The van der Waals surface area contributed by atoms with Crippen molar-refractivity contribution in [3.05, 3.63) is 83.9 Å². The van der Waals surface area contributed by atoms with E-state index < -0.39 is 0 Å². The van der Waals surface area contributed by atoms with Crippen LogP contribution in [0.25, 0.3) is 0 Å². The van der Waals surface area contributed by atoms with Gasteiger partial charge in [-0.25, -0.2) is 4.98 Å². The van der Waals surface area contributed by atoms with Gasteiger partial charge in [0.15, 0.2) is 0 Å². The Labute approximate surface area is 139 Å². The summed E-state index contributed by atoms with van der Waals surface area (Å²) >= 11 is 5.77. The highest BCUT2D eigenvalue weighted by Gasteiger charge is 2.20. The number of pyridine rings is 1. The van der Waals surface area contributed by atoms with Gasteiger partial charge in [0, 0.05) is 18.8 Å². The van der Waals surface area contributed by atoms with Crippen molar-refractivity contribution in [2.24, 2.45) is 0 Å². The van der Waals surface area contributed by atoms with Crippen LogP contribution in [0.5, 0.6) is 0 Å². The molecule has 1 atom stereocenters. The number of carbonyl (C=O) groups is 1. The molecule has 0 unspecified atom stereocenters. The summed E-state index contributed by atoms with van der Waals surface area (Å²) < 4.78 is 1.91. The number of halogens is 1. The molecule has 0 bridgehead atoms. The smallest absolute Gasteiger partial charge is 0.247 e. The van der Waals surface area contributed by atoms with Crippen LogP contribution in [-0.2, 0) is 11.2 Å². The fourth-order valence-corrected chi connectivity index (χ4v) is 2.51. The Morgan fingerprint density at radius 2 is 1.83 bits per heavy atom. The van der Waals surface area contributed by atoms with Crippen LogP contribution in [-0.4, -0.2) is 15.5 Å². The van der Waals surface area contributed by atoms with Crippen LogP contribution >= 0.6 is 11.6 Å². The summed E-state index contributed by atoms with van der Waals surface area (Å²) in [5.74, 6) is -0.0887. The van der Waals surface area contributed by atoms with Gasteiger partial charge in [-0.05, 0) is 29.8 Å². The monoisotopic (exact) mass is 325 g/mol. The molecule has 0 saturated carbocycles. The third-order valence-corrected chi connectivity index (χ3v) is 3.78. The lowest BCUT2D eigenvalue weighted by Crippen LogP contribution is -2.27. The zero-order valence-electron chi connectivity index (χ0n) is 12.4. The summed E-state index contributed by atoms with van der Waals surface area (Å²) in [6, 6.07) is 16.8. The van der Waals surface area contributed by atoms with Gasteiger partial charge < -0.3 is 9.88 Å². The second kappa shape index (κ2) is 7.11. The maximum atomic E-state index is 12.7. The molecule has 0 aliphatic carbocycles. The SMILES string of the molecule is O=C(Nc1ccc(Cl)nc1)[C@@H](Cc1ccccc1)n1cccc1. The molecule has 0 saturated heterocycles. The van der Waals surface area contributed by atoms with Crippen LogP contribution in [0.4, 0.5) is 5.69 Å². The van der Waals surface area contributed by atoms with E-state index in [2.05, 4.69) is 10.3 Å². The number of anilines is 1. The molecule has 2 heterocycles. The van der Waals surface area contributed by atoms with E-state index in [9.17, 15) is 4.79 Å². The number of aromatic nitrogens is 2. The van der Waals surface area contributed by atoms with E-state index in [1.54, 1.807) is 18.3 Å².